The standard InChI is InChI=1S/C4H9NO6S/c1-11-2-3(4(6)7)5-12(8,9)10/h3,5H,2H2,1H3,(H,6,7)(H,8,9,10)/t3-/m0/s1. The van der Waals surface area contributed by atoms with E-state index in [2.05, 4.69) is 4.74 Å². The summed E-state index contributed by atoms with van der Waals surface area (Å²) in [6, 6.07) is -1.47. The first-order valence-electron chi connectivity index (χ1n) is 2.83. The highest BCUT2D eigenvalue weighted by molar-refractivity contribution is 7.83. The molecule has 0 aliphatic heterocycles. The highest BCUT2D eigenvalue weighted by Crippen LogP contribution is 1.87. The van der Waals surface area contributed by atoms with Gasteiger partial charge in [-0.25, -0.2) is 0 Å². The van der Waals surface area contributed by atoms with Crippen LogP contribution in [0.25, 0.3) is 0 Å². The first kappa shape index (κ1) is 11.3. The van der Waals surface area contributed by atoms with E-state index in [1.165, 1.54) is 11.8 Å². The van der Waals surface area contributed by atoms with Crippen molar-refractivity contribution in [2.45, 2.75) is 6.04 Å². The van der Waals surface area contributed by atoms with E-state index in [4.69, 9.17) is 9.66 Å². The number of carboxylic acids is 1. The Morgan fingerprint density at radius 3 is 2.42 bits per heavy atom. The van der Waals surface area contributed by atoms with Gasteiger partial charge in [-0.2, -0.15) is 13.1 Å². The largest absolute Gasteiger partial charge is 0.480 e. The van der Waals surface area contributed by atoms with Crippen LogP contribution in [-0.2, 0) is 19.8 Å². The fraction of sp³-hybridized carbons (Fsp3) is 0.750. The molecule has 0 saturated heterocycles. The fourth-order valence-corrected chi connectivity index (χ4v) is 1.03. The molecule has 0 aliphatic rings. The van der Waals surface area contributed by atoms with Crippen molar-refractivity contribution in [2.75, 3.05) is 13.7 Å². The van der Waals surface area contributed by atoms with E-state index in [9.17, 15) is 13.2 Å². The number of carbonyl (C=O) groups is 1. The molecule has 0 aromatic heterocycles. The van der Waals surface area contributed by atoms with Gasteiger partial charge in [-0.05, 0) is 0 Å². The van der Waals surface area contributed by atoms with Crippen LogP contribution in [0, 0.1) is 0 Å². The molecule has 0 unspecified atom stereocenters. The van der Waals surface area contributed by atoms with Crippen molar-refractivity contribution in [3.8, 4) is 0 Å². The molecule has 0 rings (SSSR count). The summed E-state index contributed by atoms with van der Waals surface area (Å²) in [7, 11) is -3.29. The van der Waals surface area contributed by atoms with E-state index in [0.717, 1.165) is 0 Å². The Bertz CT molecular complexity index is 246. The first-order valence-corrected chi connectivity index (χ1v) is 4.27. The zero-order valence-electron chi connectivity index (χ0n) is 6.22. The third kappa shape index (κ3) is 5.02. The summed E-state index contributed by atoms with van der Waals surface area (Å²) >= 11 is 0. The number of hydrogen-bond donors (Lipinski definition) is 3. The summed E-state index contributed by atoms with van der Waals surface area (Å²) in [5.41, 5.74) is 0. The Kier molecular flexibility index (Phi) is 4.10. The van der Waals surface area contributed by atoms with Crippen molar-refractivity contribution in [2.24, 2.45) is 0 Å². The van der Waals surface area contributed by atoms with Crippen LogP contribution >= 0.6 is 0 Å². The third-order valence-electron chi connectivity index (χ3n) is 0.923. The van der Waals surface area contributed by atoms with Crippen LogP contribution in [0.4, 0.5) is 0 Å². The molecule has 72 valence electrons. The predicted octanol–water partition coefficient (Wildman–Crippen LogP) is -1.52. The van der Waals surface area contributed by atoms with Crippen LogP contribution in [0.5, 0.6) is 0 Å². The number of methoxy groups -OCH3 is 1. The fourth-order valence-electron chi connectivity index (χ4n) is 0.502. The van der Waals surface area contributed by atoms with Crippen LogP contribution < -0.4 is 4.72 Å². The number of rotatable bonds is 5. The van der Waals surface area contributed by atoms with Crippen molar-refractivity contribution < 1.29 is 27.6 Å². The smallest absolute Gasteiger partial charge is 0.334 e. The summed E-state index contributed by atoms with van der Waals surface area (Å²) in [5.74, 6) is -1.42. The topological polar surface area (TPSA) is 113 Å². The average Bonchev–Trinajstić information content (AvgIpc) is 1.83. The molecular weight excluding hydrogens is 190 g/mol. The van der Waals surface area contributed by atoms with Gasteiger partial charge in [-0.3, -0.25) is 9.35 Å². The van der Waals surface area contributed by atoms with E-state index in [1.54, 1.807) is 0 Å². The lowest BCUT2D eigenvalue weighted by Gasteiger charge is -2.09. The average molecular weight is 199 g/mol. The van der Waals surface area contributed by atoms with Crippen molar-refractivity contribution in [1.29, 1.82) is 0 Å². The molecule has 0 saturated carbocycles. The molecule has 0 aromatic rings. The molecule has 3 N–H and O–H groups in total. The highest BCUT2D eigenvalue weighted by Gasteiger charge is 2.21. The van der Waals surface area contributed by atoms with Gasteiger partial charge < -0.3 is 9.84 Å². The zero-order chi connectivity index (χ0) is 9.78. The maximum Gasteiger partial charge on any atom is 0.334 e. The van der Waals surface area contributed by atoms with Crippen LogP contribution in [0.2, 0.25) is 0 Å². The monoisotopic (exact) mass is 199 g/mol. The first-order chi connectivity index (χ1) is 5.37. The lowest BCUT2D eigenvalue weighted by molar-refractivity contribution is -0.140. The van der Waals surface area contributed by atoms with Gasteiger partial charge in [0.25, 0.3) is 0 Å². The van der Waals surface area contributed by atoms with Crippen LogP contribution in [0.15, 0.2) is 0 Å². The predicted molar refractivity (Wildman–Crippen MR) is 38.0 cm³/mol. The van der Waals surface area contributed by atoms with Gasteiger partial charge in [0.15, 0.2) is 0 Å². The second-order valence-electron chi connectivity index (χ2n) is 1.94. The minimum atomic E-state index is -4.50. The quantitative estimate of drug-likeness (QED) is 0.463. The van der Waals surface area contributed by atoms with Gasteiger partial charge in [0.05, 0.1) is 6.61 Å². The summed E-state index contributed by atoms with van der Waals surface area (Å²) in [5, 5.41) is 8.35. The molecule has 0 aliphatic carbocycles. The van der Waals surface area contributed by atoms with Gasteiger partial charge in [0.1, 0.15) is 6.04 Å². The van der Waals surface area contributed by atoms with Gasteiger partial charge in [0.2, 0.25) is 0 Å². The Hall–Kier alpha value is -0.700. The van der Waals surface area contributed by atoms with E-state index >= 15 is 0 Å². The Balaban J connectivity index is 4.24. The van der Waals surface area contributed by atoms with E-state index in [1.807, 2.05) is 0 Å². The molecule has 0 spiro atoms. The number of aliphatic carboxylic acids is 1. The molecule has 12 heavy (non-hydrogen) atoms. The molecule has 0 aromatic carbocycles. The molecule has 0 heterocycles. The zero-order valence-corrected chi connectivity index (χ0v) is 7.04. The number of hydrogen-bond acceptors (Lipinski definition) is 4. The Labute approximate surface area is 69.2 Å². The minimum absolute atomic E-state index is 0.352. The summed E-state index contributed by atoms with van der Waals surface area (Å²) in [4.78, 5) is 10.2. The van der Waals surface area contributed by atoms with E-state index in [-0.39, 0.29) is 6.61 Å². The maximum absolute atomic E-state index is 10.2. The molecule has 0 fully saturated rings. The van der Waals surface area contributed by atoms with Crippen LogP contribution in [0.3, 0.4) is 0 Å². The van der Waals surface area contributed by atoms with Crippen molar-refractivity contribution >= 4 is 16.3 Å². The molecule has 7 nitrogen and oxygen atoms in total. The molecule has 0 radical (unpaired) electrons. The van der Waals surface area contributed by atoms with Crippen LogP contribution in [0.1, 0.15) is 0 Å². The summed E-state index contributed by atoms with van der Waals surface area (Å²) in [6.45, 7) is -0.352. The van der Waals surface area contributed by atoms with Gasteiger partial charge in [-0.15, -0.1) is 0 Å². The van der Waals surface area contributed by atoms with Crippen molar-refractivity contribution in [1.82, 2.24) is 4.72 Å². The molecule has 0 bridgehead atoms. The summed E-state index contributed by atoms with van der Waals surface area (Å²) in [6.07, 6.45) is 0. The van der Waals surface area contributed by atoms with Gasteiger partial charge >= 0.3 is 16.3 Å². The van der Waals surface area contributed by atoms with Gasteiger partial charge in [-0.1, -0.05) is 0 Å². The molecular formula is C4H9NO6S. The maximum atomic E-state index is 10.2. The summed E-state index contributed by atoms with van der Waals surface area (Å²) < 4.78 is 34.4. The second kappa shape index (κ2) is 4.36. The molecule has 0 amide bonds. The normalized spacial score (nSPS) is 14.2. The van der Waals surface area contributed by atoms with Gasteiger partial charge in [0, 0.05) is 7.11 Å². The third-order valence-corrected chi connectivity index (χ3v) is 1.50. The second-order valence-corrected chi connectivity index (χ2v) is 3.12. The number of ether oxygens (including phenoxy) is 1. The number of carboxylic acid groups (broad SMARTS) is 1. The Morgan fingerprint density at radius 1 is 1.67 bits per heavy atom. The highest BCUT2D eigenvalue weighted by atomic mass is 32.2. The molecule has 1 atom stereocenters. The Morgan fingerprint density at radius 2 is 2.17 bits per heavy atom. The lowest BCUT2D eigenvalue weighted by atomic mass is 10.3. The van der Waals surface area contributed by atoms with Crippen molar-refractivity contribution in [3.05, 3.63) is 0 Å². The lowest BCUT2D eigenvalue weighted by Crippen LogP contribution is -2.43. The SMILES string of the molecule is COC[C@H](NS(=O)(=O)O)C(=O)O. The minimum Gasteiger partial charge on any atom is -0.480 e. The molecule has 8 heteroatoms. The van der Waals surface area contributed by atoms with E-state index < -0.39 is 22.3 Å². The van der Waals surface area contributed by atoms with E-state index in [0.29, 0.717) is 0 Å². The van der Waals surface area contributed by atoms with Crippen LogP contribution in [-0.4, -0.2) is 43.8 Å². The number of nitrogens with one attached hydrogen (secondary N) is 1. The van der Waals surface area contributed by atoms with Crippen molar-refractivity contribution in [3.63, 3.8) is 0 Å².